The van der Waals surface area contributed by atoms with Crippen molar-refractivity contribution >= 4 is 17.9 Å². The van der Waals surface area contributed by atoms with E-state index in [1.165, 1.54) is 25.0 Å². The van der Waals surface area contributed by atoms with E-state index in [9.17, 15) is 19.5 Å². The van der Waals surface area contributed by atoms with Gasteiger partial charge in [-0.1, -0.05) is 56.2 Å². The average Bonchev–Trinajstić information content (AvgIpc) is 3.43. The maximum absolute atomic E-state index is 12.5. The van der Waals surface area contributed by atoms with E-state index in [1.54, 1.807) is 0 Å². The van der Waals surface area contributed by atoms with Crippen LogP contribution in [-0.4, -0.2) is 47.9 Å². The summed E-state index contributed by atoms with van der Waals surface area (Å²) in [6, 6.07) is 0. The van der Waals surface area contributed by atoms with Crippen molar-refractivity contribution in [1.29, 1.82) is 0 Å². The van der Waals surface area contributed by atoms with Crippen molar-refractivity contribution in [2.24, 2.45) is 39.9 Å². The van der Waals surface area contributed by atoms with Crippen molar-refractivity contribution in [1.82, 2.24) is 0 Å². The summed E-state index contributed by atoms with van der Waals surface area (Å²) >= 11 is 0. The molecule has 0 amide bonds. The Balaban J connectivity index is 1.80. The summed E-state index contributed by atoms with van der Waals surface area (Å²) in [4.78, 5) is 37.0. The number of fused-ring (bicyclic) bond motifs is 3. The number of hydrogen-bond donors (Lipinski definition) is 1. The number of carboxylic acid groups (broad SMARTS) is 1. The standard InChI is InChI=1S/C34H50O7/c1-19(2)14-24-15-23(18-39-24)25-10-11-27-32(25,7)13-12-28-33(8,30(17-31(37)38)41-22(6)36)26(20(3)4)16-29(34(27,28)9)40-21(5)35/h11,14,23-26,28-30H,3,10,12-13,15-18H2,1-2,4-9H3,(H,37,38). The van der Waals surface area contributed by atoms with Crippen LogP contribution in [0, 0.1) is 39.9 Å². The fourth-order valence-corrected chi connectivity index (χ4v) is 9.80. The molecule has 0 aromatic carbocycles. The van der Waals surface area contributed by atoms with Gasteiger partial charge in [-0.15, -0.1) is 0 Å². The number of hydrogen-bond acceptors (Lipinski definition) is 6. The van der Waals surface area contributed by atoms with Crippen LogP contribution in [0.25, 0.3) is 0 Å². The number of ether oxygens (including phenoxy) is 3. The summed E-state index contributed by atoms with van der Waals surface area (Å²) in [6.07, 6.45) is 7.43. The highest BCUT2D eigenvalue weighted by Gasteiger charge is 2.69. The molecule has 1 heterocycles. The van der Waals surface area contributed by atoms with Crippen molar-refractivity contribution in [2.75, 3.05) is 6.61 Å². The largest absolute Gasteiger partial charge is 0.481 e. The zero-order chi connectivity index (χ0) is 30.5. The molecule has 228 valence electrons. The molecule has 10 atom stereocenters. The van der Waals surface area contributed by atoms with Crippen LogP contribution in [0.4, 0.5) is 0 Å². The van der Waals surface area contributed by atoms with Gasteiger partial charge in [0.1, 0.15) is 12.2 Å². The minimum atomic E-state index is -1.00. The van der Waals surface area contributed by atoms with Crippen molar-refractivity contribution in [3.05, 3.63) is 35.5 Å². The first-order chi connectivity index (χ1) is 19.0. The van der Waals surface area contributed by atoms with E-state index in [4.69, 9.17) is 14.2 Å². The van der Waals surface area contributed by atoms with Crippen molar-refractivity contribution in [3.63, 3.8) is 0 Å². The number of carboxylic acids is 1. The van der Waals surface area contributed by atoms with Gasteiger partial charge in [0.2, 0.25) is 0 Å². The van der Waals surface area contributed by atoms with Crippen LogP contribution in [0.1, 0.15) is 93.9 Å². The molecular formula is C34H50O7. The van der Waals surface area contributed by atoms with Crippen LogP contribution < -0.4 is 0 Å². The summed E-state index contributed by atoms with van der Waals surface area (Å²) in [5.74, 6) is -1.25. The first-order valence-corrected chi connectivity index (χ1v) is 15.2. The Morgan fingerprint density at radius 1 is 1.12 bits per heavy atom. The number of allylic oxidation sites excluding steroid dienone is 3. The van der Waals surface area contributed by atoms with E-state index in [0.29, 0.717) is 18.3 Å². The molecule has 0 bridgehead atoms. The monoisotopic (exact) mass is 570 g/mol. The Labute approximate surface area is 245 Å². The Hall–Kier alpha value is -2.41. The van der Waals surface area contributed by atoms with E-state index in [1.807, 2.05) is 6.92 Å². The second-order valence-corrected chi connectivity index (χ2v) is 14.2. The third-order valence-corrected chi connectivity index (χ3v) is 11.3. The molecule has 0 radical (unpaired) electrons. The van der Waals surface area contributed by atoms with Gasteiger partial charge < -0.3 is 19.3 Å². The fraction of sp³-hybridized carbons (Fsp3) is 0.735. The fourth-order valence-electron chi connectivity index (χ4n) is 9.80. The highest BCUT2D eigenvalue weighted by molar-refractivity contribution is 5.70. The molecular weight excluding hydrogens is 520 g/mol. The number of esters is 2. The van der Waals surface area contributed by atoms with E-state index in [-0.39, 0.29) is 35.7 Å². The first kappa shape index (κ1) is 31.5. The topological polar surface area (TPSA) is 99.1 Å². The van der Waals surface area contributed by atoms with E-state index < -0.39 is 35.0 Å². The number of carbonyl (C=O) groups excluding carboxylic acids is 2. The summed E-state index contributed by atoms with van der Waals surface area (Å²) in [7, 11) is 0. The molecule has 4 aliphatic rings. The van der Waals surface area contributed by atoms with Crippen LogP contribution in [0.3, 0.4) is 0 Å². The lowest BCUT2D eigenvalue weighted by molar-refractivity contribution is -0.207. The van der Waals surface area contributed by atoms with Gasteiger partial charge >= 0.3 is 17.9 Å². The molecule has 4 rings (SSSR count). The van der Waals surface area contributed by atoms with E-state index in [2.05, 4.69) is 53.3 Å². The Morgan fingerprint density at radius 3 is 2.37 bits per heavy atom. The van der Waals surface area contributed by atoms with Gasteiger partial charge in [0.15, 0.2) is 0 Å². The predicted octanol–water partition coefficient (Wildman–Crippen LogP) is 6.67. The SMILES string of the molecule is C=C(C)C1CC(OC(C)=O)C2(C)C3=CCC(C4COC(C=C(C)C)C4)C3(C)CCC2C1(C)C(CC(=O)O)OC(C)=O. The second kappa shape index (κ2) is 11.3. The van der Waals surface area contributed by atoms with Crippen molar-refractivity contribution < 1.29 is 33.7 Å². The minimum absolute atomic E-state index is 0.0881. The Kier molecular flexibility index (Phi) is 8.73. The van der Waals surface area contributed by atoms with Gasteiger partial charge in [-0.2, -0.15) is 0 Å². The maximum atomic E-state index is 12.5. The summed E-state index contributed by atoms with van der Waals surface area (Å²) < 4.78 is 18.3. The van der Waals surface area contributed by atoms with Gasteiger partial charge in [-0.25, -0.2) is 0 Å². The summed E-state index contributed by atoms with van der Waals surface area (Å²) in [6.45, 7) is 20.7. The predicted molar refractivity (Wildman–Crippen MR) is 157 cm³/mol. The molecule has 3 fully saturated rings. The van der Waals surface area contributed by atoms with Crippen molar-refractivity contribution in [2.45, 2.75) is 112 Å². The molecule has 0 aromatic heterocycles. The van der Waals surface area contributed by atoms with Crippen LogP contribution in [-0.2, 0) is 28.6 Å². The highest BCUT2D eigenvalue weighted by Crippen LogP contribution is 2.71. The van der Waals surface area contributed by atoms with Crippen LogP contribution in [0.15, 0.2) is 35.5 Å². The van der Waals surface area contributed by atoms with Crippen LogP contribution >= 0.6 is 0 Å². The lowest BCUT2D eigenvalue weighted by atomic mass is 9.40. The molecule has 1 N–H and O–H groups in total. The molecule has 0 aromatic rings. The molecule has 2 saturated carbocycles. The Bertz CT molecular complexity index is 1130. The van der Waals surface area contributed by atoms with Crippen LogP contribution in [0.2, 0.25) is 0 Å². The average molecular weight is 571 g/mol. The van der Waals surface area contributed by atoms with Gasteiger partial charge in [0.05, 0.1) is 19.1 Å². The molecule has 0 spiro atoms. The first-order valence-electron chi connectivity index (χ1n) is 15.2. The van der Waals surface area contributed by atoms with E-state index >= 15 is 0 Å². The molecule has 1 aliphatic heterocycles. The van der Waals surface area contributed by atoms with Crippen LogP contribution in [0.5, 0.6) is 0 Å². The van der Waals surface area contributed by atoms with Gasteiger partial charge in [0, 0.05) is 24.7 Å². The molecule has 10 unspecified atom stereocenters. The summed E-state index contributed by atoms with van der Waals surface area (Å²) in [5, 5.41) is 9.91. The van der Waals surface area contributed by atoms with Gasteiger partial charge in [-0.3, -0.25) is 14.4 Å². The number of carbonyl (C=O) groups is 3. The minimum Gasteiger partial charge on any atom is -0.481 e. The lowest BCUT2D eigenvalue weighted by Gasteiger charge is -2.65. The normalized spacial score (nSPS) is 40.4. The van der Waals surface area contributed by atoms with E-state index in [0.717, 1.165) is 37.9 Å². The third-order valence-electron chi connectivity index (χ3n) is 11.3. The van der Waals surface area contributed by atoms with Crippen molar-refractivity contribution in [3.8, 4) is 0 Å². The lowest BCUT2D eigenvalue weighted by Crippen LogP contribution is -2.65. The molecule has 1 saturated heterocycles. The second-order valence-electron chi connectivity index (χ2n) is 14.2. The summed E-state index contributed by atoms with van der Waals surface area (Å²) in [5.41, 5.74) is 2.09. The molecule has 3 aliphatic carbocycles. The molecule has 7 nitrogen and oxygen atoms in total. The molecule has 7 heteroatoms. The number of rotatable bonds is 8. The zero-order valence-electron chi connectivity index (χ0n) is 26.2. The Morgan fingerprint density at radius 2 is 1.80 bits per heavy atom. The highest BCUT2D eigenvalue weighted by atomic mass is 16.6. The van der Waals surface area contributed by atoms with Gasteiger partial charge in [-0.05, 0) is 82.0 Å². The smallest absolute Gasteiger partial charge is 0.307 e. The maximum Gasteiger partial charge on any atom is 0.307 e. The third kappa shape index (κ3) is 5.44. The quantitative estimate of drug-likeness (QED) is 0.257. The van der Waals surface area contributed by atoms with Gasteiger partial charge in [0.25, 0.3) is 0 Å². The molecule has 41 heavy (non-hydrogen) atoms. The number of aliphatic carboxylic acids is 1. The zero-order valence-corrected chi connectivity index (χ0v) is 26.2.